The normalized spacial score (nSPS) is 17.5. The molecule has 7 nitrogen and oxygen atoms in total. The number of hydrogen-bond donors (Lipinski definition) is 2. The van der Waals surface area contributed by atoms with Gasteiger partial charge in [-0.3, -0.25) is 9.36 Å². The topological polar surface area (TPSA) is 99.5 Å². The van der Waals surface area contributed by atoms with Crippen LogP contribution in [0, 0.1) is 5.41 Å². The molecular formula is C15H19N3O4. The van der Waals surface area contributed by atoms with Crippen molar-refractivity contribution in [2.75, 3.05) is 25.1 Å². The van der Waals surface area contributed by atoms with E-state index in [4.69, 9.17) is 14.9 Å². The van der Waals surface area contributed by atoms with Gasteiger partial charge in [-0.05, 0) is 31.0 Å². The molecule has 1 aromatic heterocycles. The Bertz CT molecular complexity index is 756. The number of carbonyl (C=O) groups excluding carboxylic acids is 1. The van der Waals surface area contributed by atoms with E-state index < -0.39 is 11.2 Å². The van der Waals surface area contributed by atoms with Gasteiger partial charge in [0, 0.05) is 32.5 Å². The van der Waals surface area contributed by atoms with Crippen molar-refractivity contribution in [3.63, 3.8) is 0 Å². The standard InChI is InChI=1S/C15H19N3O4/c1-18-11-8-10(2-3-12(11)22-14(18)20)17-13(19)15(9-16)4-6-21-7-5-15/h2-3,8H,4-7,9,16H2,1H3,(H,17,19). The van der Waals surface area contributed by atoms with Gasteiger partial charge in [0.05, 0.1) is 10.9 Å². The van der Waals surface area contributed by atoms with Crippen molar-refractivity contribution >= 4 is 22.7 Å². The Morgan fingerprint density at radius 2 is 2.14 bits per heavy atom. The molecule has 0 spiro atoms. The van der Waals surface area contributed by atoms with Gasteiger partial charge in [0.15, 0.2) is 5.58 Å². The van der Waals surface area contributed by atoms with Crippen molar-refractivity contribution in [1.29, 1.82) is 0 Å². The molecule has 1 aliphatic rings. The van der Waals surface area contributed by atoms with Crippen LogP contribution in [0.4, 0.5) is 5.69 Å². The number of amides is 1. The summed E-state index contributed by atoms with van der Waals surface area (Å²) in [5, 5.41) is 2.90. The molecule has 3 rings (SSSR count). The Morgan fingerprint density at radius 3 is 2.82 bits per heavy atom. The van der Waals surface area contributed by atoms with Crippen LogP contribution in [0.5, 0.6) is 0 Å². The maximum absolute atomic E-state index is 12.6. The van der Waals surface area contributed by atoms with Gasteiger partial charge in [0.2, 0.25) is 5.91 Å². The maximum Gasteiger partial charge on any atom is 0.419 e. The Hall–Kier alpha value is -2.12. The van der Waals surface area contributed by atoms with E-state index in [1.165, 1.54) is 4.57 Å². The molecule has 1 aromatic carbocycles. The Kier molecular flexibility index (Phi) is 3.76. The highest BCUT2D eigenvalue weighted by molar-refractivity contribution is 5.97. The summed E-state index contributed by atoms with van der Waals surface area (Å²) in [7, 11) is 1.62. The molecule has 7 heteroatoms. The van der Waals surface area contributed by atoms with E-state index in [-0.39, 0.29) is 12.5 Å². The van der Waals surface area contributed by atoms with Gasteiger partial charge in [-0.2, -0.15) is 0 Å². The SMILES string of the molecule is Cn1c(=O)oc2ccc(NC(=O)C3(CN)CCOCC3)cc21. The Morgan fingerprint density at radius 1 is 1.41 bits per heavy atom. The monoisotopic (exact) mass is 305 g/mol. The van der Waals surface area contributed by atoms with Gasteiger partial charge in [0.25, 0.3) is 0 Å². The van der Waals surface area contributed by atoms with E-state index in [1.807, 2.05) is 0 Å². The molecule has 0 radical (unpaired) electrons. The third-order valence-electron chi connectivity index (χ3n) is 4.37. The van der Waals surface area contributed by atoms with E-state index in [2.05, 4.69) is 5.32 Å². The predicted octanol–water partition coefficient (Wildman–Crippen LogP) is 0.826. The molecule has 0 unspecified atom stereocenters. The van der Waals surface area contributed by atoms with E-state index >= 15 is 0 Å². The van der Waals surface area contributed by atoms with Gasteiger partial charge in [-0.1, -0.05) is 0 Å². The second kappa shape index (κ2) is 5.58. The third-order valence-corrected chi connectivity index (χ3v) is 4.37. The second-order valence-corrected chi connectivity index (χ2v) is 5.66. The summed E-state index contributed by atoms with van der Waals surface area (Å²) in [5.41, 5.74) is 6.99. The van der Waals surface area contributed by atoms with Crippen molar-refractivity contribution in [1.82, 2.24) is 4.57 Å². The first-order valence-electron chi connectivity index (χ1n) is 7.25. The summed E-state index contributed by atoms with van der Waals surface area (Å²) in [4.78, 5) is 24.1. The van der Waals surface area contributed by atoms with Gasteiger partial charge in [0.1, 0.15) is 0 Å². The first kappa shape index (κ1) is 14.8. The fourth-order valence-electron chi connectivity index (χ4n) is 2.75. The van der Waals surface area contributed by atoms with Crippen molar-refractivity contribution in [2.45, 2.75) is 12.8 Å². The highest BCUT2D eigenvalue weighted by Gasteiger charge is 2.38. The molecule has 118 valence electrons. The number of fused-ring (bicyclic) bond motifs is 1. The molecule has 0 atom stereocenters. The lowest BCUT2D eigenvalue weighted by molar-refractivity contribution is -0.130. The zero-order valence-corrected chi connectivity index (χ0v) is 12.4. The zero-order chi connectivity index (χ0) is 15.7. The minimum Gasteiger partial charge on any atom is -0.408 e. The van der Waals surface area contributed by atoms with Crippen molar-refractivity contribution in [3.05, 3.63) is 28.7 Å². The molecule has 1 aliphatic heterocycles. The van der Waals surface area contributed by atoms with Crippen LogP contribution in [0.1, 0.15) is 12.8 Å². The quantitative estimate of drug-likeness (QED) is 0.875. The lowest BCUT2D eigenvalue weighted by Gasteiger charge is -2.34. The highest BCUT2D eigenvalue weighted by atomic mass is 16.5. The molecule has 1 fully saturated rings. The van der Waals surface area contributed by atoms with Crippen LogP contribution in [0.25, 0.3) is 11.1 Å². The van der Waals surface area contributed by atoms with Crippen molar-refractivity contribution in [2.24, 2.45) is 18.2 Å². The number of rotatable bonds is 3. The number of aryl methyl sites for hydroxylation is 1. The number of carbonyl (C=O) groups is 1. The van der Waals surface area contributed by atoms with Crippen LogP contribution in [0.15, 0.2) is 27.4 Å². The van der Waals surface area contributed by atoms with E-state index in [0.29, 0.717) is 42.8 Å². The minimum atomic E-state index is -0.588. The van der Waals surface area contributed by atoms with Crippen LogP contribution in [-0.4, -0.2) is 30.2 Å². The van der Waals surface area contributed by atoms with E-state index in [9.17, 15) is 9.59 Å². The first-order chi connectivity index (χ1) is 10.6. The number of nitrogens with zero attached hydrogens (tertiary/aromatic N) is 1. The number of nitrogens with two attached hydrogens (primary N) is 1. The number of oxazole rings is 1. The molecule has 2 aromatic rings. The van der Waals surface area contributed by atoms with Crippen molar-refractivity contribution in [3.8, 4) is 0 Å². The number of hydrogen-bond acceptors (Lipinski definition) is 5. The molecule has 0 bridgehead atoms. The van der Waals surface area contributed by atoms with Gasteiger partial charge >= 0.3 is 5.76 Å². The van der Waals surface area contributed by atoms with E-state index in [0.717, 1.165) is 0 Å². The summed E-state index contributed by atoms with van der Waals surface area (Å²) in [5.74, 6) is -0.535. The summed E-state index contributed by atoms with van der Waals surface area (Å²) < 4.78 is 11.8. The van der Waals surface area contributed by atoms with Crippen LogP contribution in [-0.2, 0) is 16.6 Å². The number of nitrogens with one attached hydrogen (secondary N) is 1. The lowest BCUT2D eigenvalue weighted by atomic mass is 9.79. The molecule has 2 heterocycles. The summed E-state index contributed by atoms with van der Waals surface area (Å²) in [6.07, 6.45) is 1.23. The molecule has 0 aliphatic carbocycles. The molecule has 22 heavy (non-hydrogen) atoms. The number of benzene rings is 1. The summed E-state index contributed by atoms with van der Waals surface area (Å²) in [6.45, 7) is 1.37. The first-order valence-corrected chi connectivity index (χ1v) is 7.25. The summed E-state index contributed by atoms with van der Waals surface area (Å²) >= 11 is 0. The Labute approximate surface area is 127 Å². The Balaban J connectivity index is 1.87. The molecule has 3 N–H and O–H groups in total. The molecule has 1 saturated heterocycles. The van der Waals surface area contributed by atoms with Gasteiger partial charge in [-0.25, -0.2) is 4.79 Å². The smallest absolute Gasteiger partial charge is 0.408 e. The molecule has 0 saturated carbocycles. The lowest BCUT2D eigenvalue weighted by Crippen LogP contribution is -2.46. The number of anilines is 1. The number of ether oxygens (including phenoxy) is 1. The highest BCUT2D eigenvalue weighted by Crippen LogP contribution is 2.31. The zero-order valence-electron chi connectivity index (χ0n) is 12.4. The fourth-order valence-corrected chi connectivity index (χ4v) is 2.75. The van der Waals surface area contributed by atoms with Gasteiger partial charge < -0.3 is 20.2 Å². The van der Waals surface area contributed by atoms with Crippen LogP contribution >= 0.6 is 0 Å². The van der Waals surface area contributed by atoms with Crippen LogP contribution in [0.3, 0.4) is 0 Å². The fraction of sp³-hybridized carbons (Fsp3) is 0.467. The molecule has 1 amide bonds. The largest absolute Gasteiger partial charge is 0.419 e. The number of aromatic nitrogens is 1. The average Bonchev–Trinajstić information content (AvgIpc) is 2.83. The third kappa shape index (κ3) is 2.42. The van der Waals surface area contributed by atoms with Crippen molar-refractivity contribution < 1.29 is 13.9 Å². The molecular weight excluding hydrogens is 286 g/mol. The predicted molar refractivity (Wildman–Crippen MR) is 81.6 cm³/mol. The van der Waals surface area contributed by atoms with Crippen LogP contribution in [0.2, 0.25) is 0 Å². The second-order valence-electron chi connectivity index (χ2n) is 5.66. The minimum absolute atomic E-state index is 0.105. The average molecular weight is 305 g/mol. The van der Waals surface area contributed by atoms with Crippen LogP contribution < -0.4 is 16.8 Å². The van der Waals surface area contributed by atoms with E-state index in [1.54, 1.807) is 25.2 Å². The maximum atomic E-state index is 12.6. The van der Waals surface area contributed by atoms with Gasteiger partial charge in [-0.15, -0.1) is 0 Å². The summed E-state index contributed by atoms with van der Waals surface area (Å²) in [6, 6.07) is 5.11.